The van der Waals surface area contributed by atoms with Crippen LogP contribution < -0.4 is 0 Å². The Labute approximate surface area is 101 Å². The summed E-state index contributed by atoms with van der Waals surface area (Å²) >= 11 is 0. The minimum atomic E-state index is 0.625. The van der Waals surface area contributed by atoms with Gasteiger partial charge in [0.1, 0.15) is 5.82 Å². The molecule has 17 heavy (non-hydrogen) atoms. The number of aromatic nitrogens is 2. The predicted molar refractivity (Wildman–Crippen MR) is 71.2 cm³/mol. The van der Waals surface area contributed by atoms with E-state index < -0.39 is 0 Å². The molecule has 0 aliphatic heterocycles. The summed E-state index contributed by atoms with van der Waals surface area (Å²) in [6.45, 7) is 4.46. The molecular formula is C15H16N2. The maximum atomic E-state index is 4.55. The van der Waals surface area contributed by atoms with E-state index in [9.17, 15) is 0 Å². The highest BCUT2D eigenvalue weighted by molar-refractivity contribution is 5.82. The van der Waals surface area contributed by atoms with E-state index in [0.717, 1.165) is 12.2 Å². The van der Waals surface area contributed by atoms with Crippen molar-refractivity contribution in [3.63, 3.8) is 0 Å². The van der Waals surface area contributed by atoms with Crippen LogP contribution in [0.2, 0.25) is 0 Å². The molecule has 0 unspecified atom stereocenters. The van der Waals surface area contributed by atoms with Crippen LogP contribution in [0.15, 0.2) is 42.6 Å². The fourth-order valence-electron chi connectivity index (χ4n) is 2.32. The lowest BCUT2D eigenvalue weighted by Crippen LogP contribution is -2.01. The third-order valence-electron chi connectivity index (χ3n) is 3.06. The number of rotatable bonds is 2. The standard InChI is InChI=1S/C15H16N2/c1-11(2)9-15-16-10-13-8-7-12-5-3-4-6-14(12)17(13)15/h3-8,10-11H,9H2,1-2H3. The molecule has 3 rings (SSSR count). The maximum Gasteiger partial charge on any atom is 0.113 e. The minimum Gasteiger partial charge on any atom is -0.296 e. The Bertz CT molecular complexity index is 665. The Morgan fingerprint density at radius 3 is 2.76 bits per heavy atom. The van der Waals surface area contributed by atoms with E-state index in [1.165, 1.54) is 16.4 Å². The monoisotopic (exact) mass is 224 g/mol. The van der Waals surface area contributed by atoms with E-state index in [-0.39, 0.29) is 0 Å². The molecule has 0 saturated carbocycles. The first-order valence-electron chi connectivity index (χ1n) is 6.10. The number of para-hydroxylation sites is 1. The number of pyridine rings is 1. The van der Waals surface area contributed by atoms with E-state index >= 15 is 0 Å². The third kappa shape index (κ3) is 1.70. The van der Waals surface area contributed by atoms with E-state index in [2.05, 4.69) is 59.6 Å². The van der Waals surface area contributed by atoms with Crippen LogP contribution in [0.1, 0.15) is 19.7 Å². The fourth-order valence-corrected chi connectivity index (χ4v) is 2.32. The average Bonchev–Trinajstić information content (AvgIpc) is 2.72. The van der Waals surface area contributed by atoms with Crippen molar-refractivity contribution in [3.05, 3.63) is 48.4 Å². The van der Waals surface area contributed by atoms with Crippen LogP contribution in [-0.2, 0) is 6.42 Å². The molecule has 0 bridgehead atoms. The number of benzene rings is 1. The van der Waals surface area contributed by atoms with Crippen molar-refractivity contribution in [2.75, 3.05) is 0 Å². The second-order valence-corrected chi connectivity index (χ2v) is 4.92. The molecule has 0 aliphatic rings. The molecule has 2 aromatic heterocycles. The van der Waals surface area contributed by atoms with Gasteiger partial charge in [0.25, 0.3) is 0 Å². The molecule has 0 spiro atoms. The highest BCUT2D eigenvalue weighted by atomic mass is 15.0. The molecule has 3 aromatic rings. The summed E-state index contributed by atoms with van der Waals surface area (Å²) in [6, 6.07) is 12.8. The van der Waals surface area contributed by atoms with Crippen LogP contribution in [-0.4, -0.2) is 9.38 Å². The molecule has 1 aromatic carbocycles. The van der Waals surface area contributed by atoms with Crippen molar-refractivity contribution in [1.29, 1.82) is 0 Å². The molecule has 0 fully saturated rings. The zero-order valence-corrected chi connectivity index (χ0v) is 10.2. The van der Waals surface area contributed by atoms with Crippen LogP contribution in [0.4, 0.5) is 0 Å². The van der Waals surface area contributed by atoms with Gasteiger partial charge in [-0.25, -0.2) is 4.98 Å². The second kappa shape index (κ2) is 3.88. The molecule has 2 heteroatoms. The van der Waals surface area contributed by atoms with Crippen molar-refractivity contribution in [2.45, 2.75) is 20.3 Å². The highest BCUT2D eigenvalue weighted by Gasteiger charge is 2.08. The number of fused-ring (bicyclic) bond motifs is 3. The number of hydrogen-bond donors (Lipinski definition) is 0. The van der Waals surface area contributed by atoms with Gasteiger partial charge in [0.2, 0.25) is 0 Å². The summed E-state index contributed by atoms with van der Waals surface area (Å²) in [7, 11) is 0. The van der Waals surface area contributed by atoms with Crippen LogP contribution in [0.3, 0.4) is 0 Å². The Balaban J connectivity index is 2.34. The molecule has 0 saturated heterocycles. The summed E-state index contributed by atoms with van der Waals surface area (Å²) in [6.07, 6.45) is 2.98. The van der Waals surface area contributed by atoms with Gasteiger partial charge >= 0.3 is 0 Å². The average molecular weight is 224 g/mol. The van der Waals surface area contributed by atoms with E-state index in [1.54, 1.807) is 0 Å². The predicted octanol–water partition coefficient (Wildman–Crippen LogP) is 3.69. The smallest absolute Gasteiger partial charge is 0.113 e. The van der Waals surface area contributed by atoms with Gasteiger partial charge in [-0.3, -0.25) is 4.40 Å². The summed E-state index contributed by atoms with van der Waals surface area (Å²) in [5.74, 6) is 1.78. The number of nitrogens with zero attached hydrogens (tertiary/aromatic N) is 2. The molecule has 86 valence electrons. The van der Waals surface area contributed by atoms with E-state index in [1.807, 2.05) is 6.20 Å². The Hall–Kier alpha value is -1.83. The third-order valence-corrected chi connectivity index (χ3v) is 3.06. The minimum absolute atomic E-state index is 0.625. The Morgan fingerprint density at radius 1 is 1.12 bits per heavy atom. The van der Waals surface area contributed by atoms with Gasteiger partial charge in [-0.15, -0.1) is 0 Å². The van der Waals surface area contributed by atoms with Gasteiger partial charge in [0.15, 0.2) is 0 Å². The molecule has 0 aliphatic carbocycles. The molecule has 2 heterocycles. The first kappa shape index (κ1) is 10.3. The second-order valence-electron chi connectivity index (χ2n) is 4.92. The normalized spacial score (nSPS) is 11.7. The van der Waals surface area contributed by atoms with Crippen molar-refractivity contribution >= 4 is 16.4 Å². The lowest BCUT2D eigenvalue weighted by Gasteiger charge is -2.07. The van der Waals surface area contributed by atoms with Crippen molar-refractivity contribution in [2.24, 2.45) is 5.92 Å². The highest BCUT2D eigenvalue weighted by Crippen LogP contribution is 2.20. The Kier molecular flexibility index (Phi) is 2.36. The fraction of sp³-hybridized carbons (Fsp3) is 0.267. The summed E-state index contributed by atoms with van der Waals surface area (Å²) in [5.41, 5.74) is 2.43. The lowest BCUT2D eigenvalue weighted by atomic mass is 10.1. The summed E-state index contributed by atoms with van der Waals surface area (Å²) in [4.78, 5) is 4.55. The van der Waals surface area contributed by atoms with Crippen LogP contribution in [0, 0.1) is 5.92 Å². The molecule has 0 atom stereocenters. The molecule has 0 amide bonds. The number of imidazole rings is 1. The molecule has 0 N–H and O–H groups in total. The van der Waals surface area contributed by atoms with Gasteiger partial charge in [-0.05, 0) is 23.4 Å². The zero-order chi connectivity index (χ0) is 11.8. The lowest BCUT2D eigenvalue weighted by molar-refractivity contribution is 0.621. The Morgan fingerprint density at radius 2 is 1.94 bits per heavy atom. The summed E-state index contributed by atoms with van der Waals surface area (Å²) < 4.78 is 2.27. The largest absolute Gasteiger partial charge is 0.296 e. The number of hydrogen-bond acceptors (Lipinski definition) is 1. The van der Waals surface area contributed by atoms with Crippen LogP contribution in [0.5, 0.6) is 0 Å². The van der Waals surface area contributed by atoms with Crippen LogP contribution >= 0.6 is 0 Å². The van der Waals surface area contributed by atoms with Gasteiger partial charge in [-0.2, -0.15) is 0 Å². The van der Waals surface area contributed by atoms with Crippen molar-refractivity contribution < 1.29 is 0 Å². The van der Waals surface area contributed by atoms with Crippen molar-refractivity contribution in [1.82, 2.24) is 9.38 Å². The van der Waals surface area contributed by atoms with Gasteiger partial charge in [0.05, 0.1) is 17.2 Å². The summed E-state index contributed by atoms with van der Waals surface area (Å²) in [5, 5.41) is 1.27. The quantitative estimate of drug-likeness (QED) is 0.649. The van der Waals surface area contributed by atoms with E-state index in [4.69, 9.17) is 0 Å². The topological polar surface area (TPSA) is 17.3 Å². The SMILES string of the molecule is CC(C)Cc1ncc2ccc3ccccc3n12. The molecule has 2 nitrogen and oxygen atoms in total. The van der Waals surface area contributed by atoms with E-state index in [0.29, 0.717) is 5.92 Å². The van der Waals surface area contributed by atoms with Gasteiger partial charge in [-0.1, -0.05) is 38.1 Å². The molecule has 0 radical (unpaired) electrons. The van der Waals surface area contributed by atoms with Gasteiger partial charge < -0.3 is 0 Å². The first-order valence-corrected chi connectivity index (χ1v) is 6.10. The van der Waals surface area contributed by atoms with Crippen LogP contribution in [0.25, 0.3) is 16.4 Å². The van der Waals surface area contributed by atoms with Crippen molar-refractivity contribution in [3.8, 4) is 0 Å². The first-order chi connectivity index (χ1) is 8.25. The zero-order valence-electron chi connectivity index (χ0n) is 10.2. The molecular weight excluding hydrogens is 208 g/mol. The maximum absolute atomic E-state index is 4.55. The van der Waals surface area contributed by atoms with Gasteiger partial charge in [0, 0.05) is 6.42 Å².